The first-order valence-corrected chi connectivity index (χ1v) is 10.1. The van der Waals surface area contributed by atoms with Crippen molar-refractivity contribution in [2.24, 2.45) is 0 Å². The molecule has 2 aliphatic heterocycles. The highest BCUT2D eigenvalue weighted by Gasteiger charge is 2.51. The van der Waals surface area contributed by atoms with Crippen molar-refractivity contribution < 1.29 is 14.1 Å². The highest BCUT2D eigenvalue weighted by Crippen LogP contribution is 2.36. The van der Waals surface area contributed by atoms with Gasteiger partial charge < -0.3 is 14.2 Å². The second-order valence-corrected chi connectivity index (χ2v) is 8.81. The van der Waals surface area contributed by atoms with Gasteiger partial charge in [-0.1, -0.05) is 36.4 Å². The van der Waals surface area contributed by atoms with Crippen LogP contribution in [0.25, 0.3) is 0 Å². The Morgan fingerprint density at radius 3 is 2.32 bits per heavy atom. The molecule has 4 rings (SSSR count). The van der Waals surface area contributed by atoms with Crippen molar-refractivity contribution in [1.29, 1.82) is 0 Å². The number of carbonyl (C=O) groups excluding carboxylic acids is 1. The minimum Gasteiger partial charge on any atom is -0.399 e. The molecule has 2 aliphatic rings. The van der Waals surface area contributed by atoms with Gasteiger partial charge in [0.1, 0.15) is 0 Å². The van der Waals surface area contributed by atoms with Crippen molar-refractivity contribution in [2.75, 3.05) is 6.54 Å². The largest absolute Gasteiger partial charge is 0.494 e. The predicted molar refractivity (Wildman–Crippen MR) is 112 cm³/mol. The number of benzene rings is 2. The summed E-state index contributed by atoms with van der Waals surface area (Å²) < 4.78 is 12.4. The van der Waals surface area contributed by atoms with Gasteiger partial charge in [0.25, 0.3) is 5.91 Å². The fourth-order valence-electron chi connectivity index (χ4n) is 3.84. The molecule has 0 aliphatic carbocycles. The van der Waals surface area contributed by atoms with E-state index in [4.69, 9.17) is 9.31 Å². The van der Waals surface area contributed by atoms with Gasteiger partial charge in [0.05, 0.1) is 11.2 Å². The molecule has 0 N–H and O–H groups in total. The van der Waals surface area contributed by atoms with Crippen molar-refractivity contribution in [2.45, 2.75) is 58.3 Å². The van der Waals surface area contributed by atoms with E-state index in [1.165, 1.54) is 11.1 Å². The molecular formula is C23H28BNO3. The van der Waals surface area contributed by atoms with E-state index in [0.29, 0.717) is 6.54 Å². The number of hydrogen-bond acceptors (Lipinski definition) is 3. The zero-order chi connectivity index (χ0) is 19.9. The van der Waals surface area contributed by atoms with Crippen LogP contribution in [-0.4, -0.2) is 35.7 Å². The van der Waals surface area contributed by atoms with E-state index in [1.54, 1.807) is 0 Å². The van der Waals surface area contributed by atoms with Crippen LogP contribution in [-0.2, 0) is 22.3 Å². The molecule has 0 bridgehead atoms. The van der Waals surface area contributed by atoms with Gasteiger partial charge >= 0.3 is 7.12 Å². The van der Waals surface area contributed by atoms with Crippen molar-refractivity contribution in [3.8, 4) is 0 Å². The van der Waals surface area contributed by atoms with Gasteiger partial charge in [-0.15, -0.1) is 0 Å². The SMILES string of the molecule is CC1(C)OB(c2ccc3c(c2)CN(C(=O)c2ccccc2)CCC3)OC1(C)C. The van der Waals surface area contributed by atoms with Crippen LogP contribution in [0.15, 0.2) is 48.5 Å². The van der Waals surface area contributed by atoms with Gasteiger partial charge in [-0.2, -0.15) is 0 Å². The first-order valence-electron chi connectivity index (χ1n) is 10.1. The molecule has 1 saturated heterocycles. The van der Waals surface area contributed by atoms with Crippen LogP contribution >= 0.6 is 0 Å². The summed E-state index contributed by atoms with van der Waals surface area (Å²) >= 11 is 0. The van der Waals surface area contributed by atoms with Crippen molar-refractivity contribution >= 4 is 18.5 Å². The maximum atomic E-state index is 13.0. The summed E-state index contributed by atoms with van der Waals surface area (Å²) in [5.41, 5.74) is 3.54. The molecule has 146 valence electrons. The van der Waals surface area contributed by atoms with Crippen LogP contribution in [0.2, 0.25) is 0 Å². The molecule has 4 nitrogen and oxygen atoms in total. The van der Waals surface area contributed by atoms with Crippen molar-refractivity contribution in [1.82, 2.24) is 4.90 Å². The number of carbonyl (C=O) groups is 1. The lowest BCUT2D eigenvalue weighted by Gasteiger charge is -2.32. The Bertz CT molecular complexity index is 863. The Hall–Kier alpha value is -2.11. The summed E-state index contributed by atoms with van der Waals surface area (Å²) in [7, 11) is -0.378. The van der Waals surface area contributed by atoms with E-state index in [2.05, 4.69) is 45.9 Å². The lowest BCUT2D eigenvalue weighted by atomic mass is 9.77. The standard InChI is InChI=1S/C23H28BNO3/c1-22(2)23(3,4)28-24(27-22)20-13-12-17-11-8-14-25(16-19(17)15-20)21(26)18-9-6-5-7-10-18/h5-7,9-10,12-13,15H,8,11,14,16H2,1-4H3. The number of nitrogens with zero attached hydrogens (tertiary/aromatic N) is 1. The molecule has 0 atom stereocenters. The molecule has 2 heterocycles. The van der Waals surface area contributed by atoms with Gasteiger partial charge in [0.2, 0.25) is 0 Å². The Morgan fingerprint density at radius 1 is 0.964 bits per heavy atom. The van der Waals surface area contributed by atoms with E-state index in [9.17, 15) is 4.79 Å². The molecule has 0 spiro atoms. The minimum absolute atomic E-state index is 0.0921. The third-order valence-electron chi connectivity index (χ3n) is 6.30. The topological polar surface area (TPSA) is 38.8 Å². The number of amides is 1. The molecule has 0 saturated carbocycles. The second kappa shape index (κ2) is 7.05. The first kappa shape index (κ1) is 19.2. The molecule has 28 heavy (non-hydrogen) atoms. The Morgan fingerprint density at radius 2 is 1.64 bits per heavy atom. The zero-order valence-corrected chi connectivity index (χ0v) is 17.2. The van der Waals surface area contributed by atoms with E-state index in [1.807, 2.05) is 35.2 Å². The maximum absolute atomic E-state index is 13.0. The molecule has 2 aromatic rings. The van der Waals surface area contributed by atoms with Crippen LogP contribution in [0.1, 0.15) is 55.6 Å². The van der Waals surface area contributed by atoms with Crippen LogP contribution in [0.4, 0.5) is 0 Å². The molecule has 0 unspecified atom stereocenters. The second-order valence-electron chi connectivity index (χ2n) is 8.81. The predicted octanol–water partition coefficient (Wildman–Crippen LogP) is 3.57. The van der Waals surface area contributed by atoms with Crippen LogP contribution in [0, 0.1) is 0 Å². The van der Waals surface area contributed by atoms with Gasteiger partial charge in [-0.25, -0.2) is 0 Å². The third-order valence-corrected chi connectivity index (χ3v) is 6.30. The zero-order valence-electron chi connectivity index (χ0n) is 17.2. The van der Waals surface area contributed by atoms with Gasteiger partial charge in [-0.3, -0.25) is 4.79 Å². The van der Waals surface area contributed by atoms with Gasteiger partial charge in [0.15, 0.2) is 0 Å². The summed E-state index contributed by atoms with van der Waals surface area (Å²) in [4.78, 5) is 14.9. The highest BCUT2D eigenvalue weighted by atomic mass is 16.7. The smallest absolute Gasteiger partial charge is 0.399 e. The molecule has 1 amide bonds. The van der Waals surface area contributed by atoms with E-state index in [0.717, 1.165) is 30.4 Å². The summed E-state index contributed by atoms with van der Waals surface area (Å²) in [6, 6.07) is 16.0. The molecule has 0 radical (unpaired) electrons. The third kappa shape index (κ3) is 3.49. The molecule has 1 fully saturated rings. The quantitative estimate of drug-likeness (QED) is 0.751. The fraction of sp³-hybridized carbons (Fsp3) is 0.435. The Kier molecular flexibility index (Phi) is 4.84. The first-order chi connectivity index (χ1) is 13.3. The average molecular weight is 377 g/mol. The van der Waals surface area contributed by atoms with Crippen LogP contribution in [0.3, 0.4) is 0 Å². The molecule has 5 heteroatoms. The van der Waals surface area contributed by atoms with Gasteiger partial charge in [-0.05, 0) is 69.3 Å². The minimum atomic E-state index is -0.378. The van der Waals surface area contributed by atoms with E-state index >= 15 is 0 Å². The Labute approximate surface area is 168 Å². The van der Waals surface area contributed by atoms with Crippen molar-refractivity contribution in [3.05, 3.63) is 65.2 Å². The van der Waals surface area contributed by atoms with Gasteiger partial charge in [0, 0.05) is 18.7 Å². The fourth-order valence-corrected chi connectivity index (χ4v) is 3.84. The highest BCUT2D eigenvalue weighted by molar-refractivity contribution is 6.62. The number of hydrogen-bond donors (Lipinski definition) is 0. The normalized spacial score (nSPS) is 20.6. The lowest BCUT2D eigenvalue weighted by Crippen LogP contribution is -2.41. The summed E-state index contributed by atoms with van der Waals surface area (Å²) in [5.74, 6) is 0.0921. The summed E-state index contributed by atoms with van der Waals surface area (Å²) in [6.45, 7) is 9.66. The number of rotatable bonds is 2. The Balaban J connectivity index is 1.59. The summed E-state index contributed by atoms with van der Waals surface area (Å²) in [6.07, 6.45) is 1.96. The monoisotopic (exact) mass is 377 g/mol. The lowest BCUT2D eigenvalue weighted by molar-refractivity contribution is 0.00578. The van der Waals surface area contributed by atoms with E-state index in [-0.39, 0.29) is 24.2 Å². The maximum Gasteiger partial charge on any atom is 0.494 e. The number of aryl methyl sites for hydroxylation is 1. The molecular weight excluding hydrogens is 349 g/mol. The molecule has 0 aromatic heterocycles. The van der Waals surface area contributed by atoms with E-state index < -0.39 is 0 Å². The van der Waals surface area contributed by atoms with Crippen LogP contribution in [0.5, 0.6) is 0 Å². The summed E-state index contributed by atoms with van der Waals surface area (Å²) in [5, 5.41) is 0. The number of fused-ring (bicyclic) bond motifs is 1. The van der Waals surface area contributed by atoms with Crippen molar-refractivity contribution in [3.63, 3.8) is 0 Å². The van der Waals surface area contributed by atoms with Crippen LogP contribution < -0.4 is 5.46 Å². The average Bonchev–Trinajstić information content (AvgIpc) is 2.81. The molecule has 2 aromatic carbocycles.